The Morgan fingerprint density at radius 3 is 2.04 bits per heavy atom. The minimum Gasteiger partial charge on any atom is -0.497 e. The lowest BCUT2D eigenvalue weighted by Crippen LogP contribution is -2.34. The zero-order valence-electron chi connectivity index (χ0n) is 15.9. The third-order valence-corrected chi connectivity index (χ3v) is 3.80. The highest BCUT2D eigenvalue weighted by Crippen LogP contribution is 2.19. The van der Waals surface area contributed by atoms with Crippen LogP contribution in [0.5, 0.6) is 5.75 Å². The van der Waals surface area contributed by atoms with Crippen LogP contribution in [-0.2, 0) is 4.79 Å². The Balaban J connectivity index is 2.06. The average molecular weight is 385 g/mol. The molecule has 1 atom stereocenters. The third kappa shape index (κ3) is 5.73. The van der Waals surface area contributed by atoms with Crippen LogP contribution in [0.25, 0.3) is 0 Å². The lowest BCUT2D eigenvalue weighted by atomic mass is 10.1. The quantitative estimate of drug-likeness (QED) is 0.585. The second-order valence-electron chi connectivity index (χ2n) is 6.35. The van der Waals surface area contributed by atoms with Gasteiger partial charge in [0.1, 0.15) is 5.75 Å². The van der Waals surface area contributed by atoms with E-state index in [4.69, 9.17) is 4.74 Å². The summed E-state index contributed by atoms with van der Waals surface area (Å²) in [6.45, 7) is 3.68. The van der Waals surface area contributed by atoms with E-state index in [1.54, 1.807) is 36.4 Å². The van der Waals surface area contributed by atoms with E-state index in [1.165, 1.54) is 19.2 Å². The molecule has 8 nitrogen and oxygen atoms in total. The number of urea groups is 1. The van der Waals surface area contributed by atoms with Gasteiger partial charge in [-0.15, -0.1) is 0 Å². The molecule has 0 aliphatic heterocycles. The molecule has 0 saturated heterocycles. The number of anilines is 1. The zero-order valence-corrected chi connectivity index (χ0v) is 15.9. The summed E-state index contributed by atoms with van der Waals surface area (Å²) in [6.07, 6.45) is 0. The number of nitrogens with one attached hydrogen (secondary N) is 3. The van der Waals surface area contributed by atoms with Crippen molar-refractivity contribution in [2.24, 2.45) is 0 Å². The maximum Gasteiger partial charge on any atom is 0.330 e. The van der Waals surface area contributed by atoms with Crippen molar-refractivity contribution in [2.75, 3.05) is 12.4 Å². The number of aliphatic carboxylic acids is 1. The number of carbonyl (C=O) groups is 3. The molecule has 148 valence electrons. The number of ether oxygens (including phenoxy) is 1. The van der Waals surface area contributed by atoms with Crippen LogP contribution in [0.2, 0.25) is 0 Å². The molecule has 0 spiro atoms. The number of methoxy groups -OCH3 is 1. The maximum atomic E-state index is 12.4. The molecule has 0 aliphatic rings. The van der Waals surface area contributed by atoms with Crippen molar-refractivity contribution >= 4 is 23.6 Å². The molecular weight excluding hydrogens is 362 g/mol. The van der Waals surface area contributed by atoms with Crippen LogP contribution in [-0.4, -0.2) is 36.2 Å². The number of hydrogen-bond acceptors (Lipinski definition) is 4. The summed E-state index contributed by atoms with van der Waals surface area (Å²) in [6, 6.07) is 11.0. The summed E-state index contributed by atoms with van der Waals surface area (Å²) >= 11 is 0. The van der Waals surface area contributed by atoms with Crippen LogP contribution in [0.3, 0.4) is 0 Å². The van der Waals surface area contributed by atoms with Crippen LogP contribution in [0.15, 0.2) is 48.5 Å². The van der Waals surface area contributed by atoms with Crippen molar-refractivity contribution in [2.45, 2.75) is 25.9 Å². The first kappa shape index (κ1) is 20.8. The number of carboxylic acid groups (broad SMARTS) is 1. The smallest absolute Gasteiger partial charge is 0.330 e. The first-order chi connectivity index (χ1) is 13.3. The fourth-order valence-electron chi connectivity index (χ4n) is 2.43. The van der Waals surface area contributed by atoms with Crippen molar-refractivity contribution in [1.29, 1.82) is 0 Å². The van der Waals surface area contributed by atoms with E-state index in [2.05, 4.69) is 16.0 Å². The molecule has 0 aliphatic carbocycles. The first-order valence-corrected chi connectivity index (χ1v) is 8.65. The van der Waals surface area contributed by atoms with E-state index in [9.17, 15) is 19.5 Å². The molecule has 2 rings (SSSR count). The van der Waals surface area contributed by atoms with Gasteiger partial charge in [-0.2, -0.15) is 0 Å². The van der Waals surface area contributed by atoms with Crippen molar-refractivity contribution in [3.05, 3.63) is 59.7 Å². The monoisotopic (exact) mass is 385 g/mol. The molecule has 2 aromatic rings. The summed E-state index contributed by atoms with van der Waals surface area (Å²) in [4.78, 5) is 35.7. The van der Waals surface area contributed by atoms with Gasteiger partial charge in [0.15, 0.2) is 6.04 Å². The molecule has 0 radical (unpaired) electrons. The molecule has 8 heteroatoms. The average Bonchev–Trinajstić information content (AvgIpc) is 2.65. The van der Waals surface area contributed by atoms with Gasteiger partial charge in [-0.1, -0.05) is 12.1 Å². The SMILES string of the molecule is COc1ccc(C(NC(=O)c2ccc(NC(=O)NC(C)C)cc2)C(=O)O)cc1. The fraction of sp³-hybridized carbons (Fsp3) is 0.250. The van der Waals surface area contributed by atoms with Gasteiger partial charge in [-0.05, 0) is 55.8 Å². The lowest BCUT2D eigenvalue weighted by Gasteiger charge is -2.16. The molecule has 0 aromatic heterocycles. The zero-order chi connectivity index (χ0) is 20.7. The van der Waals surface area contributed by atoms with Gasteiger partial charge in [0.2, 0.25) is 0 Å². The van der Waals surface area contributed by atoms with E-state index < -0.39 is 17.9 Å². The second kappa shape index (κ2) is 9.40. The topological polar surface area (TPSA) is 117 Å². The van der Waals surface area contributed by atoms with Crippen LogP contribution in [0.1, 0.15) is 35.8 Å². The van der Waals surface area contributed by atoms with Gasteiger partial charge in [-0.3, -0.25) is 4.79 Å². The minimum atomic E-state index is -1.20. The van der Waals surface area contributed by atoms with Crippen molar-refractivity contribution in [3.8, 4) is 5.75 Å². The first-order valence-electron chi connectivity index (χ1n) is 8.65. The van der Waals surface area contributed by atoms with Crippen molar-refractivity contribution < 1.29 is 24.2 Å². The van der Waals surface area contributed by atoms with Gasteiger partial charge >= 0.3 is 12.0 Å². The molecule has 0 fully saturated rings. The van der Waals surface area contributed by atoms with Crippen LogP contribution >= 0.6 is 0 Å². The number of hydrogen-bond donors (Lipinski definition) is 4. The molecule has 1 unspecified atom stereocenters. The van der Waals surface area contributed by atoms with Gasteiger partial charge in [0.25, 0.3) is 5.91 Å². The fourth-order valence-corrected chi connectivity index (χ4v) is 2.43. The summed E-state index contributed by atoms with van der Waals surface area (Å²) in [7, 11) is 1.51. The van der Waals surface area contributed by atoms with Gasteiger partial charge in [0, 0.05) is 17.3 Å². The Morgan fingerprint density at radius 2 is 1.54 bits per heavy atom. The van der Waals surface area contributed by atoms with E-state index in [0.29, 0.717) is 17.0 Å². The molecular formula is C20H23N3O5. The Bertz CT molecular complexity index is 832. The number of amides is 3. The summed E-state index contributed by atoms with van der Waals surface area (Å²) in [5.74, 6) is -1.13. The maximum absolute atomic E-state index is 12.4. The predicted molar refractivity (Wildman–Crippen MR) is 105 cm³/mol. The highest BCUT2D eigenvalue weighted by molar-refractivity contribution is 5.97. The van der Waals surface area contributed by atoms with Crippen molar-refractivity contribution in [3.63, 3.8) is 0 Å². The molecule has 3 amide bonds. The van der Waals surface area contributed by atoms with Crippen LogP contribution < -0.4 is 20.7 Å². The van der Waals surface area contributed by atoms with E-state index in [1.807, 2.05) is 13.8 Å². The predicted octanol–water partition coefficient (Wildman–Crippen LogP) is 2.78. The molecule has 28 heavy (non-hydrogen) atoms. The van der Waals surface area contributed by atoms with Crippen molar-refractivity contribution in [1.82, 2.24) is 10.6 Å². The Morgan fingerprint density at radius 1 is 0.929 bits per heavy atom. The van der Waals surface area contributed by atoms with E-state index in [0.717, 1.165) is 0 Å². The van der Waals surface area contributed by atoms with E-state index >= 15 is 0 Å². The Labute approximate surface area is 162 Å². The Hall–Kier alpha value is -3.55. The van der Waals surface area contributed by atoms with Gasteiger partial charge in [-0.25, -0.2) is 9.59 Å². The standard InChI is InChI=1S/C20H23N3O5/c1-12(2)21-20(27)22-15-8-4-14(5-9-15)18(24)23-17(19(25)26)13-6-10-16(28-3)11-7-13/h4-12,17H,1-3H3,(H,23,24)(H,25,26)(H2,21,22,27). The lowest BCUT2D eigenvalue weighted by molar-refractivity contribution is -0.139. The van der Waals surface area contributed by atoms with Crippen LogP contribution in [0, 0.1) is 0 Å². The number of carboxylic acids is 1. The Kier molecular flexibility index (Phi) is 6.97. The third-order valence-electron chi connectivity index (χ3n) is 3.80. The van der Waals surface area contributed by atoms with E-state index in [-0.39, 0.29) is 17.6 Å². The summed E-state index contributed by atoms with van der Waals surface area (Å²) in [5, 5.41) is 17.3. The van der Waals surface area contributed by atoms with Gasteiger partial charge < -0.3 is 25.8 Å². The highest BCUT2D eigenvalue weighted by Gasteiger charge is 2.22. The number of carbonyl (C=O) groups excluding carboxylic acids is 2. The van der Waals surface area contributed by atoms with Gasteiger partial charge in [0.05, 0.1) is 7.11 Å². The molecule has 0 saturated carbocycles. The highest BCUT2D eigenvalue weighted by atomic mass is 16.5. The number of rotatable bonds is 7. The summed E-state index contributed by atoms with van der Waals surface area (Å²) in [5.41, 5.74) is 1.21. The second-order valence-corrected chi connectivity index (χ2v) is 6.35. The molecule has 0 bridgehead atoms. The molecule has 4 N–H and O–H groups in total. The molecule has 0 heterocycles. The molecule has 2 aromatic carbocycles. The number of benzene rings is 2. The largest absolute Gasteiger partial charge is 0.497 e. The normalized spacial score (nSPS) is 11.4. The summed E-state index contributed by atoms with van der Waals surface area (Å²) < 4.78 is 5.05. The minimum absolute atomic E-state index is 0.00374. The van der Waals surface area contributed by atoms with Crippen LogP contribution in [0.4, 0.5) is 10.5 Å².